The van der Waals surface area contributed by atoms with Crippen molar-refractivity contribution in [1.82, 2.24) is 0 Å². The van der Waals surface area contributed by atoms with Gasteiger partial charge in [0.15, 0.2) is 17.5 Å². The molecule has 1 aliphatic heterocycles. The van der Waals surface area contributed by atoms with Gasteiger partial charge < -0.3 is 10.1 Å². The monoisotopic (exact) mass is 285 g/mol. The first kappa shape index (κ1) is 13.7. The van der Waals surface area contributed by atoms with Crippen molar-refractivity contribution in [1.29, 1.82) is 0 Å². The van der Waals surface area contributed by atoms with E-state index in [0.717, 1.165) is 37.8 Å². The van der Waals surface area contributed by atoms with Crippen LogP contribution in [0.25, 0.3) is 0 Å². The quantitative estimate of drug-likeness (QED) is 0.847. The molecule has 1 aromatic rings. The number of hydrogen-bond acceptors (Lipinski definition) is 2. The van der Waals surface area contributed by atoms with Gasteiger partial charge in [-0.2, -0.15) is 0 Å². The number of anilines is 1. The summed E-state index contributed by atoms with van der Waals surface area (Å²) in [6.07, 6.45) is 6.74. The first-order valence-electron chi connectivity index (χ1n) is 7.14. The summed E-state index contributed by atoms with van der Waals surface area (Å²) < 4.78 is 45.1. The molecule has 1 saturated heterocycles. The van der Waals surface area contributed by atoms with Crippen LogP contribution in [0.3, 0.4) is 0 Å². The second-order valence-electron chi connectivity index (χ2n) is 5.80. The van der Waals surface area contributed by atoms with Gasteiger partial charge in [0.05, 0.1) is 11.7 Å². The molecule has 3 rings (SSSR count). The van der Waals surface area contributed by atoms with Gasteiger partial charge in [0.1, 0.15) is 0 Å². The highest BCUT2D eigenvalue weighted by Gasteiger charge is 2.41. The van der Waals surface area contributed by atoms with E-state index in [9.17, 15) is 13.2 Å². The summed E-state index contributed by atoms with van der Waals surface area (Å²) in [5, 5.41) is 2.93. The molecule has 0 aromatic heterocycles. The largest absolute Gasteiger partial charge is 0.382 e. The highest BCUT2D eigenvalue weighted by Crippen LogP contribution is 2.43. The lowest BCUT2D eigenvalue weighted by Crippen LogP contribution is -2.27. The molecule has 1 heterocycles. The molecule has 110 valence electrons. The Hall–Kier alpha value is -1.23. The van der Waals surface area contributed by atoms with Crippen molar-refractivity contribution in [3.05, 3.63) is 29.6 Å². The maximum absolute atomic E-state index is 13.1. The third kappa shape index (κ3) is 2.64. The van der Waals surface area contributed by atoms with Gasteiger partial charge in [-0.25, -0.2) is 13.2 Å². The smallest absolute Gasteiger partial charge is 0.194 e. The van der Waals surface area contributed by atoms with Gasteiger partial charge in [-0.15, -0.1) is 0 Å². The molecule has 5 heteroatoms. The van der Waals surface area contributed by atoms with E-state index in [-0.39, 0.29) is 17.4 Å². The van der Waals surface area contributed by atoms with Crippen molar-refractivity contribution in [2.75, 3.05) is 11.9 Å². The van der Waals surface area contributed by atoms with E-state index in [0.29, 0.717) is 6.54 Å². The van der Waals surface area contributed by atoms with Gasteiger partial charge in [0, 0.05) is 24.4 Å². The summed E-state index contributed by atoms with van der Waals surface area (Å²) in [7, 11) is 0. The molecular formula is C15H18F3NO. The minimum Gasteiger partial charge on any atom is -0.382 e. The van der Waals surface area contributed by atoms with Crippen molar-refractivity contribution in [2.45, 2.75) is 50.2 Å². The lowest BCUT2D eigenvalue weighted by Gasteiger charge is -2.24. The van der Waals surface area contributed by atoms with Crippen molar-refractivity contribution in [3.63, 3.8) is 0 Å². The Morgan fingerprint density at radius 2 is 1.75 bits per heavy atom. The molecule has 1 unspecified atom stereocenters. The number of ether oxygens (including phenoxy) is 1. The maximum atomic E-state index is 13.1. The fourth-order valence-electron chi connectivity index (χ4n) is 3.32. The summed E-state index contributed by atoms with van der Waals surface area (Å²) in [4.78, 5) is 0. The third-order valence-corrected chi connectivity index (χ3v) is 4.37. The van der Waals surface area contributed by atoms with Crippen molar-refractivity contribution >= 4 is 5.69 Å². The highest BCUT2D eigenvalue weighted by molar-refractivity contribution is 5.44. The fraction of sp³-hybridized carbons (Fsp3) is 0.600. The fourth-order valence-corrected chi connectivity index (χ4v) is 3.32. The predicted octanol–water partition coefficient (Wildman–Crippen LogP) is 4.01. The maximum Gasteiger partial charge on any atom is 0.194 e. The zero-order valence-electron chi connectivity index (χ0n) is 11.2. The minimum absolute atomic E-state index is 0.0473. The van der Waals surface area contributed by atoms with Gasteiger partial charge in [0.25, 0.3) is 0 Å². The minimum atomic E-state index is -1.43. The van der Waals surface area contributed by atoms with E-state index in [2.05, 4.69) is 5.32 Å². The molecule has 1 saturated carbocycles. The Morgan fingerprint density at radius 3 is 2.40 bits per heavy atom. The molecule has 1 N–H and O–H groups in total. The van der Waals surface area contributed by atoms with Crippen LogP contribution in [0.15, 0.2) is 12.1 Å². The summed E-state index contributed by atoms with van der Waals surface area (Å²) in [6, 6.07) is 1.94. The zero-order chi connectivity index (χ0) is 14.2. The number of hydrogen-bond donors (Lipinski definition) is 1. The highest BCUT2D eigenvalue weighted by atomic mass is 19.2. The van der Waals surface area contributed by atoms with E-state index in [4.69, 9.17) is 4.74 Å². The van der Waals surface area contributed by atoms with Crippen LogP contribution in [-0.2, 0) is 4.74 Å². The van der Waals surface area contributed by atoms with Crippen molar-refractivity contribution in [3.8, 4) is 0 Å². The van der Waals surface area contributed by atoms with Crippen LogP contribution in [0, 0.1) is 17.5 Å². The Kier molecular flexibility index (Phi) is 3.63. The second kappa shape index (κ2) is 5.28. The van der Waals surface area contributed by atoms with Crippen molar-refractivity contribution < 1.29 is 17.9 Å². The van der Waals surface area contributed by atoms with E-state index >= 15 is 0 Å². The molecule has 1 spiro atoms. The molecule has 20 heavy (non-hydrogen) atoms. The molecule has 1 aliphatic carbocycles. The number of rotatable bonds is 3. The van der Waals surface area contributed by atoms with Crippen LogP contribution in [-0.4, -0.2) is 18.2 Å². The molecule has 2 fully saturated rings. The molecule has 1 aromatic carbocycles. The number of nitrogens with one attached hydrogen (secondary N) is 1. The van der Waals surface area contributed by atoms with Crippen molar-refractivity contribution in [2.24, 2.45) is 0 Å². The molecule has 0 radical (unpaired) electrons. The summed E-state index contributed by atoms with van der Waals surface area (Å²) in [5.74, 6) is -3.78. The van der Waals surface area contributed by atoms with E-state index in [1.54, 1.807) is 0 Å². The first-order valence-corrected chi connectivity index (χ1v) is 7.14. The van der Waals surface area contributed by atoms with E-state index < -0.39 is 17.5 Å². The Bertz CT molecular complexity index is 477. The summed E-state index contributed by atoms with van der Waals surface area (Å²) >= 11 is 0. The van der Waals surface area contributed by atoms with Crippen LogP contribution >= 0.6 is 0 Å². The SMILES string of the molecule is Fc1cc(NCC2CCC3(CCCC3)O2)cc(F)c1F. The Morgan fingerprint density at radius 1 is 1.10 bits per heavy atom. The molecule has 1 atom stereocenters. The predicted molar refractivity (Wildman–Crippen MR) is 70.1 cm³/mol. The summed E-state index contributed by atoms with van der Waals surface area (Å²) in [6.45, 7) is 0.492. The van der Waals surface area contributed by atoms with E-state index in [1.165, 1.54) is 12.8 Å². The van der Waals surface area contributed by atoms with Gasteiger partial charge in [-0.05, 0) is 25.7 Å². The van der Waals surface area contributed by atoms with Crippen LogP contribution in [0.2, 0.25) is 0 Å². The molecule has 0 bridgehead atoms. The average molecular weight is 285 g/mol. The lowest BCUT2D eigenvalue weighted by atomic mass is 9.98. The van der Waals surface area contributed by atoms with E-state index in [1.807, 2.05) is 0 Å². The van der Waals surface area contributed by atoms with Gasteiger partial charge >= 0.3 is 0 Å². The zero-order valence-corrected chi connectivity index (χ0v) is 11.2. The van der Waals surface area contributed by atoms with Gasteiger partial charge in [-0.3, -0.25) is 0 Å². The topological polar surface area (TPSA) is 21.3 Å². The number of halogens is 3. The normalized spacial score (nSPS) is 24.4. The number of benzene rings is 1. The van der Waals surface area contributed by atoms with Gasteiger partial charge in [0.2, 0.25) is 0 Å². The Labute approximate surface area is 116 Å². The van der Waals surface area contributed by atoms with Crippen LogP contribution in [0.1, 0.15) is 38.5 Å². The second-order valence-corrected chi connectivity index (χ2v) is 5.80. The lowest BCUT2D eigenvalue weighted by molar-refractivity contribution is -0.0307. The Balaban J connectivity index is 1.58. The molecule has 0 amide bonds. The van der Waals surface area contributed by atoms with Crippen LogP contribution in [0.4, 0.5) is 18.9 Å². The van der Waals surface area contributed by atoms with Crippen LogP contribution < -0.4 is 5.32 Å². The summed E-state index contributed by atoms with van der Waals surface area (Å²) in [5.41, 5.74) is 0.295. The average Bonchev–Trinajstić information content (AvgIpc) is 3.04. The first-order chi connectivity index (χ1) is 9.58. The van der Waals surface area contributed by atoms with Crippen LogP contribution in [0.5, 0.6) is 0 Å². The third-order valence-electron chi connectivity index (χ3n) is 4.37. The molecule has 2 aliphatic rings. The molecule has 2 nitrogen and oxygen atoms in total. The van der Waals surface area contributed by atoms with Gasteiger partial charge in [-0.1, -0.05) is 12.8 Å². The standard InChI is InChI=1S/C15H18F3NO/c16-12-7-10(8-13(17)14(12)18)19-9-11-3-6-15(20-11)4-1-2-5-15/h7-8,11,19H,1-6,9H2. The molecular weight excluding hydrogens is 267 g/mol.